The summed E-state index contributed by atoms with van der Waals surface area (Å²) in [6.45, 7) is 0. The smallest absolute Gasteiger partial charge is 1.00 e. The zero-order valence-corrected chi connectivity index (χ0v) is 5.63. The van der Waals surface area contributed by atoms with Crippen molar-refractivity contribution in [2.75, 3.05) is 0 Å². The molecule has 0 aromatic rings. The Labute approximate surface area is 72.1 Å². The first-order valence-electron chi connectivity index (χ1n) is 1.11. The predicted molar refractivity (Wildman–Crippen MR) is 22.9 cm³/mol. The summed E-state index contributed by atoms with van der Waals surface area (Å²) in [5.41, 5.74) is 0. The van der Waals surface area contributed by atoms with E-state index in [1.165, 1.54) is 0 Å². The van der Waals surface area contributed by atoms with Gasteiger partial charge in [0.2, 0.25) is 0 Å². The molecule has 0 radical (unpaired) electrons. The molecule has 0 atom stereocenters. The molecule has 0 amide bonds. The SMILES string of the molecule is C#CC(F)(F)F.[Ca+2].[H-].[H-]. The minimum absolute atomic E-state index is 0. The molecule has 0 rings (SSSR count). The van der Waals surface area contributed by atoms with E-state index >= 15 is 0 Å². The van der Waals surface area contributed by atoms with Gasteiger partial charge >= 0.3 is 43.9 Å². The molecule has 0 aromatic heterocycles. The van der Waals surface area contributed by atoms with Crippen LogP contribution in [0.2, 0.25) is 0 Å². The normalized spacial score (nSPS) is 8.86. The third kappa shape index (κ3) is 10.8. The maximum Gasteiger partial charge on any atom is 2.00 e. The van der Waals surface area contributed by atoms with Gasteiger partial charge in [0.15, 0.2) is 0 Å². The van der Waals surface area contributed by atoms with Gasteiger partial charge in [0, 0.05) is 5.92 Å². The molecule has 0 aliphatic heterocycles. The van der Waals surface area contributed by atoms with E-state index in [0.29, 0.717) is 5.92 Å². The zero-order valence-electron chi connectivity index (χ0n) is 5.42. The summed E-state index contributed by atoms with van der Waals surface area (Å²) in [6.07, 6.45) is -0.500. The second-order valence-electron chi connectivity index (χ2n) is 0.642. The first kappa shape index (κ1) is 10.6. The van der Waals surface area contributed by atoms with E-state index in [1.54, 1.807) is 0 Å². The van der Waals surface area contributed by atoms with Crippen molar-refractivity contribution in [2.45, 2.75) is 6.18 Å². The van der Waals surface area contributed by atoms with Gasteiger partial charge in [-0.2, -0.15) is 13.2 Å². The van der Waals surface area contributed by atoms with Crippen LogP contribution in [0.25, 0.3) is 0 Å². The van der Waals surface area contributed by atoms with Crippen LogP contribution < -0.4 is 0 Å². The minimum Gasteiger partial charge on any atom is -1.00 e. The Hall–Kier alpha value is 0.610. The predicted octanol–water partition coefficient (Wildman–Crippen LogP) is 1.03. The minimum atomic E-state index is -4.43. The van der Waals surface area contributed by atoms with Gasteiger partial charge in [0.1, 0.15) is 0 Å². The second-order valence-corrected chi connectivity index (χ2v) is 0.642. The van der Waals surface area contributed by atoms with Crippen molar-refractivity contribution < 1.29 is 16.0 Å². The van der Waals surface area contributed by atoms with Crippen LogP contribution in [0.1, 0.15) is 2.85 Å². The fourth-order valence-corrected chi connectivity index (χ4v) is 0. The molecule has 38 valence electrons. The maximum atomic E-state index is 10.5. The van der Waals surface area contributed by atoms with Gasteiger partial charge in [0.05, 0.1) is 0 Å². The third-order valence-corrected chi connectivity index (χ3v) is 0.164. The summed E-state index contributed by atoms with van der Waals surface area (Å²) in [5.74, 6) is 0.604. The number of terminal acetylenes is 1. The van der Waals surface area contributed by atoms with Crippen LogP contribution in [-0.4, -0.2) is 43.9 Å². The van der Waals surface area contributed by atoms with Gasteiger partial charge in [-0.25, -0.2) is 0 Å². The Morgan fingerprint density at radius 2 is 1.57 bits per heavy atom. The Balaban J connectivity index is -0.0000000417. The molecule has 0 saturated carbocycles. The standard InChI is InChI=1S/C3HF3.Ca.2H/c1-2-3(4,5)6;;;/h1H;;;/q;+2;2*-1. The molecular weight excluding hydrogens is 133 g/mol. The summed E-state index contributed by atoms with van der Waals surface area (Å²) in [6, 6.07) is 0. The van der Waals surface area contributed by atoms with Crippen LogP contribution in [0.15, 0.2) is 0 Å². The van der Waals surface area contributed by atoms with E-state index in [4.69, 9.17) is 0 Å². The average molecular weight is 136 g/mol. The van der Waals surface area contributed by atoms with Crippen LogP contribution in [0.3, 0.4) is 0 Å². The molecule has 0 bridgehead atoms. The van der Waals surface area contributed by atoms with Gasteiger partial charge in [-0.1, -0.05) is 0 Å². The topological polar surface area (TPSA) is 0 Å². The van der Waals surface area contributed by atoms with E-state index in [9.17, 15) is 13.2 Å². The fraction of sp³-hybridized carbons (Fsp3) is 0.333. The van der Waals surface area contributed by atoms with Crippen LogP contribution >= 0.6 is 0 Å². The number of hydrogen-bond acceptors (Lipinski definition) is 0. The molecule has 7 heavy (non-hydrogen) atoms. The molecule has 4 heteroatoms. The first-order valence-corrected chi connectivity index (χ1v) is 1.11. The van der Waals surface area contributed by atoms with Crippen LogP contribution in [0, 0.1) is 12.3 Å². The summed E-state index contributed by atoms with van der Waals surface area (Å²) >= 11 is 0. The summed E-state index contributed by atoms with van der Waals surface area (Å²) in [4.78, 5) is 0. The zero-order chi connectivity index (χ0) is 5.21. The van der Waals surface area contributed by atoms with Gasteiger partial charge < -0.3 is 2.85 Å². The molecule has 0 aliphatic carbocycles. The Morgan fingerprint density at radius 1 is 1.43 bits per heavy atom. The Morgan fingerprint density at radius 3 is 1.57 bits per heavy atom. The molecule has 0 saturated heterocycles. The van der Waals surface area contributed by atoms with Gasteiger partial charge in [0.25, 0.3) is 0 Å². The van der Waals surface area contributed by atoms with E-state index in [2.05, 4.69) is 6.42 Å². The molecule has 0 nitrogen and oxygen atoms in total. The maximum absolute atomic E-state index is 10.5. The molecule has 0 aromatic carbocycles. The van der Waals surface area contributed by atoms with Crippen molar-refractivity contribution in [1.82, 2.24) is 0 Å². The number of rotatable bonds is 0. The van der Waals surface area contributed by atoms with Crippen molar-refractivity contribution in [3.8, 4) is 12.3 Å². The van der Waals surface area contributed by atoms with Gasteiger partial charge in [-0.05, 0) is 0 Å². The molecule has 0 heterocycles. The van der Waals surface area contributed by atoms with Crippen molar-refractivity contribution in [3.05, 3.63) is 0 Å². The van der Waals surface area contributed by atoms with Crippen LogP contribution in [-0.2, 0) is 0 Å². The quantitative estimate of drug-likeness (QED) is 0.344. The molecule has 0 spiro atoms. The summed E-state index contributed by atoms with van der Waals surface area (Å²) in [5, 5.41) is 0. The van der Waals surface area contributed by atoms with E-state index < -0.39 is 6.18 Å². The largest absolute Gasteiger partial charge is 2.00 e. The van der Waals surface area contributed by atoms with Crippen molar-refractivity contribution in [1.29, 1.82) is 0 Å². The summed E-state index contributed by atoms with van der Waals surface area (Å²) < 4.78 is 31.6. The number of hydrogen-bond donors (Lipinski definition) is 0. The monoisotopic (exact) mass is 136 g/mol. The van der Waals surface area contributed by atoms with Crippen molar-refractivity contribution >= 4 is 37.7 Å². The first-order chi connectivity index (χ1) is 2.56. The molecule has 0 fully saturated rings. The average Bonchev–Trinajstić information content (AvgIpc) is 1.35. The fourth-order valence-electron chi connectivity index (χ4n) is 0. The van der Waals surface area contributed by atoms with Crippen LogP contribution in [0.4, 0.5) is 13.2 Å². The second kappa shape index (κ2) is 3.59. The molecule has 0 aliphatic rings. The van der Waals surface area contributed by atoms with Crippen LogP contribution in [0.5, 0.6) is 0 Å². The molecule has 0 N–H and O–H groups in total. The Bertz CT molecular complexity index is 84.0. The molecule has 0 unspecified atom stereocenters. The third-order valence-electron chi connectivity index (χ3n) is 0.164. The van der Waals surface area contributed by atoms with Crippen molar-refractivity contribution in [2.24, 2.45) is 0 Å². The van der Waals surface area contributed by atoms with E-state index in [0.717, 1.165) is 0 Å². The van der Waals surface area contributed by atoms with E-state index in [1.807, 2.05) is 0 Å². The Kier molecular flexibility index (Phi) is 5.42. The van der Waals surface area contributed by atoms with E-state index in [-0.39, 0.29) is 40.6 Å². The molecular formula is C3H3CaF3. The number of halogens is 3. The number of alkyl halides is 3. The summed E-state index contributed by atoms with van der Waals surface area (Å²) in [7, 11) is 0. The van der Waals surface area contributed by atoms with Crippen molar-refractivity contribution in [3.63, 3.8) is 0 Å². The van der Waals surface area contributed by atoms with Gasteiger partial charge in [-0.15, -0.1) is 6.42 Å². The van der Waals surface area contributed by atoms with Gasteiger partial charge in [-0.3, -0.25) is 0 Å².